The monoisotopic (exact) mass is 283 g/mol. The zero-order valence-corrected chi connectivity index (χ0v) is 12.2. The van der Waals surface area contributed by atoms with Gasteiger partial charge < -0.3 is 5.11 Å². The Morgan fingerprint density at radius 1 is 1.16 bits per heavy atom. The zero-order chi connectivity index (χ0) is 14.0. The van der Waals surface area contributed by atoms with Gasteiger partial charge in [-0.15, -0.1) is 0 Å². The van der Waals surface area contributed by atoms with Crippen LogP contribution in [0.5, 0.6) is 0 Å². The van der Waals surface area contributed by atoms with Gasteiger partial charge in [0.1, 0.15) is 0 Å². The molecule has 0 aromatic heterocycles. The Morgan fingerprint density at radius 2 is 1.68 bits per heavy atom. The van der Waals surface area contributed by atoms with Gasteiger partial charge in [-0.05, 0) is 44.4 Å². The molecule has 19 heavy (non-hydrogen) atoms. The number of sulfonamides is 1. The van der Waals surface area contributed by atoms with Crippen molar-refractivity contribution in [3.05, 3.63) is 29.8 Å². The largest absolute Gasteiger partial charge is 0.392 e. The molecule has 0 radical (unpaired) electrons. The quantitative estimate of drug-likeness (QED) is 0.924. The molecule has 1 heterocycles. The van der Waals surface area contributed by atoms with E-state index >= 15 is 0 Å². The van der Waals surface area contributed by atoms with Crippen molar-refractivity contribution in [2.24, 2.45) is 0 Å². The van der Waals surface area contributed by atoms with Crippen LogP contribution in [0.3, 0.4) is 0 Å². The Kier molecular flexibility index (Phi) is 4.28. The second kappa shape index (κ2) is 5.61. The molecule has 1 aromatic rings. The summed E-state index contributed by atoms with van der Waals surface area (Å²) in [5.41, 5.74) is 0.721. The van der Waals surface area contributed by atoms with E-state index < -0.39 is 10.0 Å². The third-order valence-corrected chi connectivity index (χ3v) is 5.94. The van der Waals surface area contributed by atoms with Crippen molar-refractivity contribution in [2.45, 2.75) is 56.7 Å². The van der Waals surface area contributed by atoms with Crippen LogP contribution in [0, 0.1) is 0 Å². The normalized spacial score (nSPS) is 25.4. The van der Waals surface area contributed by atoms with Crippen LogP contribution >= 0.6 is 0 Å². The molecule has 1 aliphatic heterocycles. The molecular weight excluding hydrogens is 262 g/mol. The maximum absolute atomic E-state index is 12.7. The van der Waals surface area contributed by atoms with Crippen molar-refractivity contribution < 1.29 is 13.5 Å². The summed E-state index contributed by atoms with van der Waals surface area (Å²) in [6.45, 7) is 3.86. The molecule has 5 heteroatoms. The third kappa shape index (κ3) is 2.83. The van der Waals surface area contributed by atoms with E-state index in [1.54, 1.807) is 28.6 Å². The van der Waals surface area contributed by atoms with Gasteiger partial charge in [-0.25, -0.2) is 8.42 Å². The minimum absolute atomic E-state index is 0.0475. The number of hydrogen-bond donors (Lipinski definition) is 1. The fourth-order valence-corrected chi connectivity index (χ4v) is 4.64. The SMILES string of the molecule is CC1CCCC(C)N1S(=O)(=O)c1ccc(CO)cc1. The molecule has 4 nitrogen and oxygen atoms in total. The van der Waals surface area contributed by atoms with E-state index in [9.17, 15) is 8.42 Å². The lowest BCUT2D eigenvalue weighted by atomic mass is 10.0. The number of piperidine rings is 1. The standard InChI is InChI=1S/C14H21NO3S/c1-11-4-3-5-12(2)15(11)19(17,18)14-8-6-13(10-16)7-9-14/h6-9,11-12,16H,3-5,10H2,1-2H3. The average molecular weight is 283 g/mol. The highest BCUT2D eigenvalue weighted by molar-refractivity contribution is 7.89. The van der Waals surface area contributed by atoms with Crippen molar-refractivity contribution in [3.63, 3.8) is 0 Å². The second-order valence-electron chi connectivity index (χ2n) is 5.27. The van der Waals surface area contributed by atoms with Gasteiger partial charge in [-0.3, -0.25) is 0 Å². The molecule has 1 N–H and O–H groups in total. The molecule has 0 spiro atoms. The minimum atomic E-state index is -3.43. The average Bonchev–Trinajstić information content (AvgIpc) is 2.38. The van der Waals surface area contributed by atoms with Crippen LogP contribution in [0.15, 0.2) is 29.2 Å². The lowest BCUT2D eigenvalue weighted by molar-refractivity contribution is 0.204. The van der Waals surface area contributed by atoms with Gasteiger partial charge in [0, 0.05) is 12.1 Å². The van der Waals surface area contributed by atoms with Crippen LogP contribution < -0.4 is 0 Å². The molecule has 1 aromatic carbocycles. The number of rotatable bonds is 3. The summed E-state index contributed by atoms with van der Waals surface area (Å²) in [4.78, 5) is 0.310. The predicted molar refractivity (Wildman–Crippen MR) is 74.2 cm³/mol. The first-order chi connectivity index (χ1) is 8.96. The maximum atomic E-state index is 12.7. The van der Waals surface area contributed by atoms with Crippen molar-refractivity contribution in [3.8, 4) is 0 Å². The molecule has 106 valence electrons. The molecule has 2 unspecified atom stereocenters. The molecule has 1 aliphatic rings. The number of nitrogens with zero attached hydrogens (tertiary/aromatic N) is 1. The van der Waals surface area contributed by atoms with Crippen molar-refractivity contribution in [1.29, 1.82) is 0 Å². The van der Waals surface area contributed by atoms with Crippen LogP contribution in [0.4, 0.5) is 0 Å². The fourth-order valence-electron chi connectivity index (χ4n) is 2.76. The second-order valence-corrected chi connectivity index (χ2v) is 7.11. The van der Waals surface area contributed by atoms with E-state index in [1.165, 1.54) is 0 Å². The van der Waals surface area contributed by atoms with Crippen molar-refractivity contribution >= 4 is 10.0 Å². The Balaban J connectivity index is 2.34. The first kappa shape index (κ1) is 14.5. The summed E-state index contributed by atoms with van der Waals surface area (Å²) in [5, 5.41) is 9.00. The highest BCUT2D eigenvalue weighted by Crippen LogP contribution is 2.29. The molecule has 2 rings (SSSR count). The van der Waals surface area contributed by atoms with Crippen molar-refractivity contribution in [2.75, 3.05) is 0 Å². The molecule has 0 aliphatic carbocycles. The number of aliphatic hydroxyl groups is 1. The van der Waals surface area contributed by atoms with Gasteiger partial charge in [0.05, 0.1) is 11.5 Å². The first-order valence-electron chi connectivity index (χ1n) is 6.70. The zero-order valence-electron chi connectivity index (χ0n) is 11.4. The van der Waals surface area contributed by atoms with Gasteiger partial charge in [-0.1, -0.05) is 18.6 Å². The maximum Gasteiger partial charge on any atom is 0.243 e. The van der Waals surface area contributed by atoms with Gasteiger partial charge in [0.2, 0.25) is 10.0 Å². The van der Waals surface area contributed by atoms with E-state index in [-0.39, 0.29) is 18.7 Å². The summed E-state index contributed by atoms with van der Waals surface area (Å²) >= 11 is 0. The Bertz CT molecular complexity index is 514. The molecule has 0 bridgehead atoms. The van der Waals surface area contributed by atoms with Gasteiger partial charge >= 0.3 is 0 Å². The number of benzene rings is 1. The smallest absolute Gasteiger partial charge is 0.243 e. The summed E-state index contributed by atoms with van der Waals surface area (Å²) in [6.07, 6.45) is 2.91. The van der Waals surface area contributed by atoms with E-state index in [2.05, 4.69) is 0 Å². The fraction of sp³-hybridized carbons (Fsp3) is 0.571. The van der Waals surface area contributed by atoms with E-state index in [0.717, 1.165) is 24.8 Å². The van der Waals surface area contributed by atoms with Gasteiger partial charge in [-0.2, -0.15) is 4.31 Å². The first-order valence-corrected chi connectivity index (χ1v) is 8.14. The lowest BCUT2D eigenvalue weighted by Gasteiger charge is -2.37. The molecule has 2 atom stereocenters. The summed E-state index contributed by atoms with van der Waals surface area (Å²) in [7, 11) is -3.43. The van der Waals surface area contributed by atoms with E-state index in [4.69, 9.17) is 5.11 Å². The van der Waals surface area contributed by atoms with Crippen LogP contribution in [0.25, 0.3) is 0 Å². The third-order valence-electron chi connectivity index (χ3n) is 3.79. The Hall–Kier alpha value is -0.910. The van der Waals surface area contributed by atoms with Crippen molar-refractivity contribution in [1.82, 2.24) is 4.31 Å². The Labute approximate surface area is 115 Å². The minimum Gasteiger partial charge on any atom is -0.392 e. The van der Waals surface area contributed by atoms with Crippen LogP contribution in [-0.4, -0.2) is 29.9 Å². The predicted octanol–water partition coefficient (Wildman–Crippen LogP) is 2.13. The number of hydrogen-bond acceptors (Lipinski definition) is 3. The topological polar surface area (TPSA) is 57.6 Å². The Morgan fingerprint density at radius 3 is 2.16 bits per heavy atom. The van der Waals surface area contributed by atoms with Gasteiger partial charge in [0.15, 0.2) is 0 Å². The molecule has 1 fully saturated rings. The summed E-state index contributed by atoms with van der Waals surface area (Å²) in [6, 6.07) is 6.57. The highest BCUT2D eigenvalue weighted by atomic mass is 32.2. The number of aliphatic hydroxyl groups excluding tert-OH is 1. The van der Waals surface area contributed by atoms with Crippen LogP contribution in [0.2, 0.25) is 0 Å². The van der Waals surface area contributed by atoms with Gasteiger partial charge in [0.25, 0.3) is 0 Å². The molecule has 0 amide bonds. The molecule has 0 saturated carbocycles. The lowest BCUT2D eigenvalue weighted by Crippen LogP contribution is -2.47. The van der Waals surface area contributed by atoms with E-state index in [1.807, 2.05) is 13.8 Å². The van der Waals surface area contributed by atoms with Crippen LogP contribution in [-0.2, 0) is 16.6 Å². The summed E-state index contributed by atoms with van der Waals surface area (Å²) < 4.78 is 27.0. The molecule has 1 saturated heterocycles. The van der Waals surface area contributed by atoms with E-state index in [0.29, 0.717) is 4.90 Å². The van der Waals surface area contributed by atoms with Crippen LogP contribution in [0.1, 0.15) is 38.7 Å². The highest BCUT2D eigenvalue weighted by Gasteiger charge is 2.35. The summed E-state index contributed by atoms with van der Waals surface area (Å²) in [5.74, 6) is 0. The molecular formula is C14H21NO3S.